The van der Waals surface area contributed by atoms with Crippen LogP contribution in [0.2, 0.25) is 0 Å². The van der Waals surface area contributed by atoms with E-state index in [0.717, 1.165) is 11.8 Å². The lowest BCUT2D eigenvalue weighted by Crippen LogP contribution is -2.49. The van der Waals surface area contributed by atoms with Crippen molar-refractivity contribution in [3.63, 3.8) is 0 Å². The largest absolute Gasteiger partial charge is 0.294 e. The van der Waals surface area contributed by atoms with Gasteiger partial charge in [-0.05, 0) is 48.5 Å². The molecule has 0 heterocycles. The van der Waals surface area contributed by atoms with E-state index in [9.17, 15) is 4.79 Å². The van der Waals surface area contributed by atoms with Gasteiger partial charge in [0.25, 0.3) is 0 Å². The molecule has 84 valence electrons. The van der Waals surface area contributed by atoms with Gasteiger partial charge in [-0.25, -0.2) is 0 Å². The summed E-state index contributed by atoms with van der Waals surface area (Å²) in [5, 5.41) is 0. The standard InChI is InChI=1S/C16H14O/c1-7-6-12(17)16-10-4-2-8-13(10)14-9(15(7,8)16)3-5-11(14)16/h2-6,8-11,13-14H,1H3/t8-,9+,10-,11+,13-,14-,15?,16?/m1/s1. The van der Waals surface area contributed by atoms with E-state index in [-0.39, 0.29) is 10.8 Å². The molecule has 0 N–H and O–H groups in total. The van der Waals surface area contributed by atoms with Crippen LogP contribution in [0.15, 0.2) is 36.0 Å². The summed E-state index contributed by atoms with van der Waals surface area (Å²) in [6.45, 7) is 2.22. The zero-order valence-corrected chi connectivity index (χ0v) is 9.76. The van der Waals surface area contributed by atoms with E-state index in [1.165, 1.54) is 5.57 Å². The van der Waals surface area contributed by atoms with Crippen molar-refractivity contribution < 1.29 is 4.79 Å². The number of allylic oxidation sites excluding steroid dienone is 6. The van der Waals surface area contributed by atoms with Crippen LogP contribution >= 0.6 is 0 Å². The van der Waals surface area contributed by atoms with Crippen LogP contribution in [0, 0.1) is 46.3 Å². The molecule has 7 aliphatic rings. The lowest BCUT2D eigenvalue weighted by molar-refractivity contribution is -0.130. The number of rotatable bonds is 0. The molecule has 0 aromatic rings. The minimum atomic E-state index is -0.00868. The first-order valence-corrected chi connectivity index (χ1v) is 6.85. The van der Waals surface area contributed by atoms with Gasteiger partial charge in [-0.15, -0.1) is 0 Å². The van der Waals surface area contributed by atoms with Crippen molar-refractivity contribution in [1.82, 2.24) is 0 Å². The van der Waals surface area contributed by atoms with Crippen molar-refractivity contribution in [1.29, 1.82) is 0 Å². The van der Waals surface area contributed by atoms with E-state index in [2.05, 4.69) is 31.2 Å². The van der Waals surface area contributed by atoms with Crippen LogP contribution in [-0.2, 0) is 4.79 Å². The van der Waals surface area contributed by atoms with E-state index in [1.807, 2.05) is 6.08 Å². The predicted molar refractivity (Wildman–Crippen MR) is 62.9 cm³/mol. The molecule has 1 heteroatoms. The maximum Gasteiger partial charge on any atom is 0.163 e. The van der Waals surface area contributed by atoms with Gasteiger partial charge in [0.15, 0.2) is 5.78 Å². The molecule has 0 amide bonds. The molecule has 0 aromatic heterocycles. The van der Waals surface area contributed by atoms with E-state index in [4.69, 9.17) is 0 Å². The molecule has 0 radical (unpaired) electrons. The number of hydrogen-bond donors (Lipinski definition) is 0. The molecule has 8 bridgehead atoms. The van der Waals surface area contributed by atoms with E-state index in [1.54, 1.807) is 0 Å². The molecule has 8 atom stereocenters. The Morgan fingerprint density at radius 3 is 1.82 bits per heavy atom. The zero-order valence-electron chi connectivity index (χ0n) is 9.76. The lowest BCUT2D eigenvalue weighted by Gasteiger charge is -2.48. The van der Waals surface area contributed by atoms with Crippen LogP contribution in [0.3, 0.4) is 0 Å². The molecular weight excluding hydrogens is 208 g/mol. The predicted octanol–water partition coefficient (Wildman–Crippen LogP) is 2.37. The maximum absolute atomic E-state index is 12.7. The molecule has 2 unspecified atom stereocenters. The summed E-state index contributed by atoms with van der Waals surface area (Å²) in [4.78, 5) is 12.7. The Bertz CT molecular complexity index is 573. The number of carbonyl (C=O) groups is 1. The summed E-state index contributed by atoms with van der Waals surface area (Å²) in [5.41, 5.74) is 1.63. The Morgan fingerprint density at radius 2 is 1.35 bits per heavy atom. The average Bonchev–Trinajstić information content (AvgIpc) is 3.06. The fraction of sp³-hybridized carbons (Fsp3) is 0.562. The van der Waals surface area contributed by atoms with Gasteiger partial charge in [0.1, 0.15) is 0 Å². The number of ketones is 1. The van der Waals surface area contributed by atoms with Crippen LogP contribution < -0.4 is 0 Å². The minimum absolute atomic E-state index is 0.00868. The van der Waals surface area contributed by atoms with Crippen LogP contribution in [0.1, 0.15) is 6.92 Å². The molecule has 4 fully saturated rings. The quantitative estimate of drug-likeness (QED) is 0.575. The highest BCUT2D eigenvalue weighted by atomic mass is 16.1. The zero-order chi connectivity index (χ0) is 11.2. The van der Waals surface area contributed by atoms with Gasteiger partial charge in [0, 0.05) is 5.41 Å². The highest BCUT2D eigenvalue weighted by Crippen LogP contribution is 2.92. The Balaban J connectivity index is 1.86. The number of carbonyl (C=O) groups excluding carboxylic acids is 1. The normalized spacial score (nSPS) is 69.9. The first-order valence-electron chi connectivity index (χ1n) is 6.85. The first kappa shape index (κ1) is 8.07. The summed E-state index contributed by atoms with van der Waals surface area (Å²) >= 11 is 0. The van der Waals surface area contributed by atoms with Crippen molar-refractivity contribution in [2.75, 3.05) is 0 Å². The van der Waals surface area contributed by atoms with Gasteiger partial charge in [-0.3, -0.25) is 4.79 Å². The fourth-order valence-electron chi connectivity index (χ4n) is 7.59. The molecule has 0 saturated heterocycles. The summed E-state index contributed by atoms with van der Waals surface area (Å²) < 4.78 is 0. The second-order valence-corrected chi connectivity index (χ2v) is 6.96. The van der Waals surface area contributed by atoms with Crippen molar-refractivity contribution in [2.45, 2.75) is 6.92 Å². The smallest absolute Gasteiger partial charge is 0.163 e. The Morgan fingerprint density at radius 1 is 0.882 bits per heavy atom. The second-order valence-electron chi connectivity index (χ2n) is 6.96. The Kier molecular flexibility index (Phi) is 0.857. The minimum Gasteiger partial charge on any atom is -0.294 e. The molecule has 17 heavy (non-hydrogen) atoms. The third-order valence-corrected chi connectivity index (χ3v) is 7.35. The fourth-order valence-corrected chi connectivity index (χ4v) is 7.59. The third-order valence-electron chi connectivity index (χ3n) is 7.35. The van der Waals surface area contributed by atoms with Crippen LogP contribution in [0.25, 0.3) is 0 Å². The molecular formula is C16H14O. The SMILES string of the molecule is CC1=CC(=O)C23[C@@H]4C=C[C@@H]5[C@H]4[C@H]4[C@@H]2C=C[C@@H]4C153. The molecule has 2 spiro atoms. The summed E-state index contributed by atoms with van der Waals surface area (Å²) in [5.74, 6) is 4.59. The Hall–Kier alpha value is -1.11. The maximum atomic E-state index is 12.7. The van der Waals surface area contributed by atoms with Gasteiger partial charge >= 0.3 is 0 Å². The molecule has 1 nitrogen and oxygen atoms in total. The molecule has 7 aliphatic carbocycles. The molecule has 7 rings (SSSR count). The summed E-state index contributed by atoms with van der Waals surface area (Å²) in [6, 6.07) is 0. The van der Waals surface area contributed by atoms with Crippen LogP contribution in [0.4, 0.5) is 0 Å². The number of hydrogen-bond acceptors (Lipinski definition) is 1. The monoisotopic (exact) mass is 222 g/mol. The summed E-state index contributed by atoms with van der Waals surface area (Å²) in [7, 11) is 0. The van der Waals surface area contributed by atoms with Gasteiger partial charge in [0.2, 0.25) is 0 Å². The van der Waals surface area contributed by atoms with Gasteiger partial charge < -0.3 is 0 Å². The third kappa shape index (κ3) is 0.408. The van der Waals surface area contributed by atoms with Crippen molar-refractivity contribution in [2.24, 2.45) is 46.3 Å². The average molecular weight is 222 g/mol. The second kappa shape index (κ2) is 1.81. The van der Waals surface area contributed by atoms with Crippen LogP contribution in [0.5, 0.6) is 0 Å². The first-order chi connectivity index (χ1) is 8.25. The highest BCUT2D eigenvalue weighted by molar-refractivity contribution is 6.03. The van der Waals surface area contributed by atoms with Gasteiger partial charge in [-0.1, -0.05) is 29.9 Å². The molecule has 0 aromatic carbocycles. The molecule has 0 aliphatic heterocycles. The van der Waals surface area contributed by atoms with Gasteiger partial charge in [0.05, 0.1) is 5.41 Å². The van der Waals surface area contributed by atoms with E-state index >= 15 is 0 Å². The topological polar surface area (TPSA) is 17.1 Å². The van der Waals surface area contributed by atoms with E-state index < -0.39 is 0 Å². The van der Waals surface area contributed by atoms with Crippen molar-refractivity contribution in [3.05, 3.63) is 36.0 Å². The highest BCUT2D eigenvalue weighted by Gasteiger charge is 2.91. The summed E-state index contributed by atoms with van der Waals surface area (Å²) in [6.07, 6.45) is 11.7. The van der Waals surface area contributed by atoms with Crippen molar-refractivity contribution >= 4 is 5.78 Å². The van der Waals surface area contributed by atoms with Gasteiger partial charge in [-0.2, -0.15) is 0 Å². The Labute approximate surface area is 100 Å². The van der Waals surface area contributed by atoms with Crippen molar-refractivity contribution in [3.8, 4) is 0 Å². The lowest BCUT2D eigenvalue weighted by atomic mass is 9.53. The molecule has 4 saturated carbocycles. The van der Waals surface area contributed by atoms with E-state index in [0.29, 0.717) is 29.5 Å². The van der Waals surface area contributed by atoms with Crippen LogP contribution in [-0.4, -0.2) is 5.78 Å².